The van der Waals surface area contributed by atoms with Gasteiger partial charge in [0, 0.05) is 19.3 Å². The third-order valence-electron chi connectivity index (χ3n) is 8.27. The first-order valence-corrected chi connectivity index (χ1v) is 16.9. The number of benzene rings is 3. The minimum absolute atomic E-state index is 0.0714. The molecule has 0 radical (unpaired) electrons. The number of nitrogens with one attached hydrogen (secondary N) is 3. The fourth-order valence-corrected chi connectivity index (χ4v) is 5.68. The molecule has 3 N–H and O–H groups in total. The van der Waals surface area contributed by atoms with E-state index in [4.69, 9.17) is 9.47 Å². The summed E-state index contributed by atoms with van der Waals surface area (Å²) in [5.74, 6) is -1.25. The van der Waals surface area contributed by atoms with Gasteiger partial charge in [0.1, 0.15) is 17.2 Å². The van der Waals surface area contributed by atoms with Gasteiger partial charge in [0.15, 0.2) is 6.04 Å². The molecule has 264 valence electrons. The summed E-state index contributed by atoms with van der Waals surface area (Å²) in [7, 11) is 0. The van der Waals surface area contributed by atoms with Crippen molar-refractivity contribution in [3.8, 4) is 0 Å². The molecule has 2 atom stereocenters. The number of fused-ring (bicyclic) bond motifs is 1. The summed E-state index contributed by atoms with van der Waals surface area (Å²) in [5, 5.41) is 14.7. The van der Waals surface area contributed by atoms with E-state index in [2.05, 4.69) is 21.0 Å². The van der Waals surface area contributed by atoms with Gasteiger partial charge in [-0.1, -0.05) is 66.7 Å². The van der Waals surface area contributed by atoms with E-state index in [1.165, 1.54) is 20.0 Å². The van der Waals surface area contributed by atoms with Crippen molar-refractivity contribution in [2.24, 2.45) is 0 Å². The number of carbonyl (C=O) groups is 4. The van der Waals surface area contributed by atoms with Gasteiger partial charge in [-0.2, -0.15) is 5.10 Å². The van der Waals surface area contributed by atoms with E-state index in [1.807, 2.05) is 77.7 Å². The van der Waals surface area contributed by atoms with Gasteiger partial charge in [0.2, 0.25) is 11.8 Å². The molecule has 4 aromatic rings. The highest BCUT2D eigenvalue weighted by atomic mass is 16.6. The average molecular weight is 683 g/mol. The minimum Gasteiger partial charge on any atom is -0.444 e. The Morgan fingerprint density at radius 1 is 0.880 bits per heavy atom. The SMILES string of the molecule is CC(C)(C)OC(=O)NC(C)(C)C(=O)NC(COCc1ccccc1)C(=O)Nc1cnn(C(C(=O)N2CCCC2)c2ccc3ccccc3c2)c1. The van der Waals surface area contributed by atoms with Gasteiger partial charge in [-0.05, 0) is 75.4 Å². The molecule has 5 rings (SSSR count). The summed E-state index contributed by atoms with van der Waals surface area (Å²) in [6.07, 6.45) is 4.21. The molecule has 4 amide bonds. The average Bonchev–Trinajstić information content (AvgIpc) is 3.77. The summed E-state index contributed by atoms with van der Waals surface area (Å²) in [5.41, 5.74) is -0.173. The van der Waals surface area contributed by atoms with Crippen LogP contribution in [0.5, 0.6) is 0 Å². The molecule has 1 aliphatic rings. The number of hydrogen-bond acceptors (Lipinski definition) is 7. The van der Waals surface area contributed by atoms with Crippen LogP contribution < -0.4 is 16.0 Å². The topological polar surface area (TPSA) is 144 Å². The number of rotatable bonds is 12. The predicted molar refractivity (Wildman–Crippen MR) is 190 cm³/mol. The molecule has 50 heavy (non-hydrogen) atoms. The number of carbonyl (C=O) groups excluding carboxylic acids is 4. The Bertz CT molecular complexity index is 1810. The maximum Gasteiger partial charge on any atom is 0.408 e. The largest absolute Gasteiger partial charge is 0.444 e. The standard InChI is InChI=1S/C38H46N6O6/c1-37(2,3)50-36(48)42-38(4,5)35(47)41-31(25-49-24-26-13-7-6-8-14-26)33(45)40-30-22-39-44(23-30)32(34(46)43-19-11-12-20-43)29-18-17-27-15-9-10-16-28(27)21-29/h6-10,13-18,21-23,31-32H,11-12,19-20,24-25H2,1-5H3,(H,40,45)(H,41,47)(H,42,48). The Morgan fingerprint density at radius 3 is 2.26 bits per heavy atom. The zero-order valence-electron chi connectivity index (χ0n) is 29.3. The van der Waals surface area contributed by atoms with Crippen LogP contribution in [0.25, 0.3) is 10.8 Å². The molecule has 0 bridgehead atoms. The van der Waals surface area contributed by atoms with Gasteiger partial charge in [0.25, 0.3) is 5.91 Å². The predicted octanol–water partition coefficient (Wildman–Crippen LogP) is 5.19. The van der Waals surface area contributed by atoms with Crippen molar-refractivity contribution < 1.29 is 28.7 Å². The summed E-state index contributed by atoms with van der Waals surface area (Å²) >= 11 is 0. The third kappa shape index (κ3) is 9.47. The molecule has 2 heterocycles. The van der Waals surface area contributed by atoms with Crippen LogP contribution in [0.1, 0.15) is 64.6 Å². The lowest BCUT2D eigenvalue weighted by Gasteiger charge is -2.29. The van der Waals surface area contributed by atoms with E-state index in [0.717, 1.165) is 34.7 Å². The summed E-state index contributed by atoms with van der Waals surface area (Å²) in [6, 6.07) is 21.4. The second-order valence-corrected chi connectivity index (χ2v) is 14.0. The van der Waals surface area contributed by atoms with E-state index >= 15 is 0 Å². The van der Waals surface area contributed by atoms with Crippen molar-refractivity contribution in [3.63, 3.8) is 0 Å². The third-order valence-corrected chi connectivity index (χ3v) is 8.27. The van der Waals surface area contributed by atoms with E-state index in [0.29, 0.717) is 18.8 Å². The zero-order valence-corrected chi connectivity index (χ0v) is 29.3. The molecule has 0 spiro atoms. The molecule has 1 aliphatic heterocycles. The van der Waals surface area contributed by atoms with E-state index in [9.17, 15) is 19.2 Å². The first-order chi connectivity index (χ1) is 23.8. The van der Waals surface area contributed by atoms with Crippen LogP contribution in [0.15, 0.2) is 85.2 Å². The molecular formula is C38H46N6O6. The van der Waals surface area contributed by atoms with Gasteiger partial charge >= 0.3 is 6.09 Å². The van der Waals surface area contributed by atoms with E-state index in [1.54, 1.807) is 31.6 Å². The van der Waals surface area contributed by atoms with Crippen LogP contribution in [-0.4, -0.2) is 75.4 Å². The van der Waals surface area contributed by atoms with Crippen LogP contribution in [0.4, 0.5) is 10.5 Å². The van der Waals surface area contributed by atoms with E-state index in [-0.39, 0.29) is 19.1 Å². The Balaban J connectivity index is 1.35. The van der Waals surface area contributed by atoms with Crippen LogP contribution in [0.2, 0.25) is 0 Å². The summed E-state index contributed by atoms with van der Waals surface area (Å²) < 4.78 is 12.8. The highest BCUT2D eigenvalue weighted by Gasteiger charge is 2.35. The lowest BCUT2D eigenvalue weighted by atomic mass is 10.0. The van der Waals surface area contributed by atoms with Gasteiger partial charge < -0.3 is 30.3 Å². The minimum atomic E-state index is -1.42. The smallest absolute Gasteiger partial charge is 0.408 e. The van der Waals surface area contributed by atoms with Crippen molar-refractivity contribution in [2.75, 3.05) is 25.0 Å². The Labute approximate surface area is 292 Å². The highest BCUT2D eigenvalue weighted by Crippen LogP contribution is 2.27. The molecule has 1 saturated heterocycles. The van der Waals surface area contributed by atoms with Gasteiger partial charge in [-0.15, -0.1) is 0 Å². The normalized spacial score (nSPS) is 14.5. The molecule has 0 saturated carbocycles. The molecule has 1 fully saturated rings. The number of hydrogen-bond donors (Lipinski definition) is 3. The number of nitrogens with zero attached hydrogens (tertiary/aromatic N) is 3. The van der Waals surface area contributed by atoms with Gasteiger partial charge in [-0.25, -0.2) is 4.79 Å². The van der Waals surface area contributed by atoms with Crippen molar-refractivity contribution >= 4 is 40.3 Å². The molecular weight excluding hydrogens is 636 g/mol. The monoisotopic (exact) mass is 682 g/mol. The van der Waals surface area contributed by atoms with Crippen LogP contribution in [0, 0.1) is 0 Å². The Hall–Kier alpha value is -5.23. The van der Waals surface area contributed by atoms with Crippen LogP contribution in [0.3, 0.4) is 0 Å². The van der Waals surface area contributed by atoms with Gasteiger partial charge in [0.05, 0.1) is 25.1 Å². The number of alkyl carbamates (subject to hydrolysis) is 1. The number of anilines is 1. The Kier molecular flexibility index (Phi) is 11.2. The first kappa shape index (κ1) is 36.1. The quantitative estimate of drug-likeness (QED) is 0.187. The van der Waals surface area contributed by atoms with Crippen LogP contribution in [-0.2, 0) is 30.5 Å². The summed E-state index contributed by atoms with van der Waals surface area (Å²) in [6.45, 7) is 9.60. The second kappa shape index (κ2) is 15.5. The fraction of sp³-hybridized carbons (Fsp3) is 0.395. The number of aromatic nitrogens is 2. The second-order valence-electron chi connectivity index (χ2n) is 14.0. The maximum atomic E-state index is 13.9. The number of amides is 4. The van der Waals surface area contributed by atoms with Crippen molar-refractivity contribution in [2.45, 2.75) is 77.3 Å². The maximum absolute atomic E-state index is 13.9. The molecule has 3 aromatic carbocycles. The van der Waals surface area contributed by atoms with Crippen molar-refractivity contribution in [1.82, 2.24) is 25.3 Å². The molecule has 2 unspecified atom stereocenters. The van der Waals surface area contributed by atoms with Crippen LogP contribution >= 0.6 is 0 Å². The lowest BCUT2D eigenvalue weighted by molar-refractivity contribution is -0.132. The van der Waals surface area contributed by atoms with Crippen molar-refractivity contribution in [1.29, 1.82) is 0 Å². The lowest BCUT2D eigenvalue weighted by Crippen LogP contribution is -2.59. The Morgan fingerprint density at radius 2 is 1.56 bits per heavy atom. The van der Waals surface area contributed by atoms with E-state index < -0.39 is 41.1 Å². The molecule has 12 heteroatoms. The summed E-state index contributed by atoms with van der Waals surface area (Å²) in [4.78, 5) is 55.4. The zero-order chi connectivity index (χ0) is 35.9. The number of ether oxygens (including phenoxy) is 2. The molecule has 1 aromatic heterocycles. The van der Waals surface area contributed by atoms with Gasteiger partial charge in [-0.3, -0.25) is 19.1 Å². The van der Waals surface area contributed by atoms with Crippen molar-refractivity contribution in [3.05, 3.63) is 96.3 Å². The first-order valence-electron chi connectivity index (χ1n) is 16.9. The number of likely N-dealkylation sites (tertiary alicyclic amines) is 1. The molecule has 0 aliphatic carbocycles. The highest BCUT2D eigenvalue weighted by molar-refractivity contribution is 5.99. The fourth-order valence-electron chi connectivity index (χ4n) is 5.68. The molecule has 12 nitrogen and oxygen atoms in total.